The van der Waals surface area contributed by atoms with Crippen molar-refractivity contribution >= 4 is 11.8 Å². The third kappa shape index (κ3) is 4.29. The third-order valence-electron chi connectivity index (χ3n) is 4.21. The Morgan fingerprint density at radius 3 is 2.42 bits per heavy atom. The predicted octanol–water partition coefficient (Wildman–Crippen LogP) is 2.16. The second-order valence-electron chi connectivity index (χ2n) is 6.68. The molecule has 138 valence electrons. The van der Waals surface area contributed by atoms with Gasteiger partial charge in [-0.05, 0) is 38.5 Å². The van der Waals surface area contributed by atoms with E-state index >= 15 is 0 Å². The maximum Gasteiger partial charge on any atom is 0.290 e. The fourth-order valence-electron chi connectivity index (χ4n) is 3.03. The highest BCUT2D eigenvalue weighted by molar-refractivity contribution is 5.94. The van der Waals surface area contributed by atoms with Crippen molar-refractivity contribution in [3.8, 4) is 0 Å². The molecular weight excluding hydrogens is 334 g/mol. The van der Waals surface area contributed by atoms with E-state index in [4.69, 9.17) is 9.26 Å². The summed E-state index contributed by atoms with van der Waals surface area (Å²) >= 11 is 0. The van der Waals surface area contributed by atoms with Gasteiger partial charge in [0.1, 0.15) is 0 Å². The summed E-state index contributed by atoms with van der Waals surface area (Å²) in [5, 5.41) is 6.46. The maximum absolute atomic E-state index is 12.6. The van der Waals surface area contributed by atoms with E-state index in [2.05, 4.69) is 10.5 Å². The molecular formula is C19H23N3O4. The number of carbonyl (C=O) groups is 2. The first-order valence-electron chi connectivity index (χ1n) is 8.67. The average Bonchev–Trinajstić information content (AvgIpc) is 3.05. The Kier molecular flexibility index (Phi) is 5.37. The van der Waals surface area contributed by atoms with Crippen LogP contribution in [0.4, 0.5) is 0 Å². The van der Waals surface area contributed by atoms with Gasteiger partial charge in [0.15, 0.2) is 0 Å². The summed E-state index contributed by atoms with van der Waals surface area (Å²) in [5.74, 6) is -0.133. The van der Waals surface area contributed by atoms with Crippen LogP contribution in [0, 0.1) is 6.92 Å². The SMILES string of the molecule is Cc1cc(C(=O)NCc2ccc(C(=O)N3CC(C)OC(C)C3)cc2)on1. The van der Waals surface area contributed by atoms with Crippen molar-refractivity contribution in [2.75, 3.05) is 13.1 Å². The number of hydrogen-bond acceptors (Lipinski definition) is 5. The van der Waals surface area contributed by atoms with Gasteiger partial charge in [-0.25, -0.2) is 0 Å². The lowest BCUT2D eigenvalue weighted by Crippen LogP contribution is -2.48. The van der Waals surface area contributed by atoms with E-state index in [-0.39, 0.29) is 29.8 Å². The minimum Gasteiger partial charge on any atom is -0.372 e. The molecule has 7 heteroatoms. The molecule has 1 aromatic heterocycles. The van der Waals surface area contributed by atoms with Crippen molar-refractivity contribution in [3.63, 3.8) is 0 Å². The van der Waals surface area contributed by atoms with Gasteiger partial charge in [-0.15, -0.1) is 0 Å². The minimum absolute atomic E-state index is 0.000259. The smallest absolute Gasteiger partial charge is 0.290 e. The molecule has 0 radical (unpaired) electrons. The van der Waals surface area contributed by atoms with Crippen LogP contribution in [-0.2, 0) is 11.3 Å². The lowest BCUT2D eigenvalue weighted by molar-refractivity contribution is -0.0586. The number of aryl methyl sites for hydroxylation is 1. The summed E-state index contributed by atoms with van der Waals surface area (Å²) in [5.41, 5.74) is 2.19. The summed E-state index contributed by atoms with van der Waals surface area (Å²) in [7, 11) is 0. The van der Waals surface area contributed by atoms with Gasteiger partial charge in [0.05, 0.1) is 17.9 Å². The molecule has 1 N–H and O–H groups in total. The summed E-state index contributed by atoms with van der Waals surface area (Å²) in [6.07, 6.45) is 0.0776. The highest BCUT2D eigenvalue weighted by Crippen LogP contribution is 2.15. The van der Waals surface area contributed by atoms with E-state index < -0.39 is 0 Å². The van der Waals surface area contributed by atoms with Crippen molar-refractivity contribution in [2.45, 2.75) is 39.5 Å². The van der Waals surface area contributed by atoms with E-state index in [0.29, 0.717) is 30.9 Å². The van der Waals surface area contributed by atoms with Crippen molar-refractivity contribution < 1.29 is 18.8 Å². The molecule has 2 aromatic rings. The van der Waals surface area contributed by atoms with Gasteiger partial charge in [-0.2, -0.15) is 0 Å². The van der Waals surface area contributed by atoms with Crippen LogP contribution < -0.4 is 5.32 Å². The topological polar surface area (TPSA) is 84.7 Å². The summed E-state index contributed by atoms with van der Waals surface area (Å²) in [6.45, 7) is 7.23. The molecule has 1 fully saturated rings. The molecule has 2 amide bonds. The Morgan fingerprint density at radius 1 is 1.19 bits per heavy atom. The number of rotatable bonds is 4. The molecule has 0 spiro atoms. The number of aromatic nitrogens is 1. The van der Waals surface area contributed by atoms with Gasteiger partial charge in [0.25, 0.3) is 11.8 Å². The molecule has 0 bridgehead atoms. The fraction of sp³-hybridized carbons (Fsp3) is 0.421. The predicted molar refractivity (Wildman–Crippen MR) is 94.8 cm³/mol. The Bertz CT molecular complexity index is 774. The first kappa shape index (κ1) is 18.1. The van der Waals surface area contributed by atoms with Gasteiger partial charge in [-0.3, -0.25) is 9.59 Å². The summed E-state index contributed by atoms with van der Waals surface area (Å²) in [6, 6.07) is 8.83. The number of amides is 2. The Balaban J connectivity index is 1.58. The molecule has 0 aliphatic carbocycles. The number of hydrogen-bond donors (Lipinski definition) is 1. The highest BCUT2D eigenvalue weighted by Gasteiger charge is 2.26. The van der Waals surface area contributed by atoms with E-state index in [1.807, 2.05) is 30.9 Å². The summed E-state index contributed by atoms with van der Waals surface area (Å²) < 4.78 is 10.6. The van der Waals surface area contributed by atoms with Gasteiger partial charge in [0.2, 0.25) is 5.76 Å². The first-order chi connectivity index (χ1) is 12.4. The van der Waals surface area contributed by atoms with E-state index in [1.165, 1.54) is 0 Å². The zero-order valence-corrected chi connectivity index (χ0v) is 15.2. The van der Waals surface area contributed by atoms with Crippen LogP contribution in [0.15, 0.2) is 34.9 Å². The van der Waals surface area contributed by atoms with Crippen LogP contribution in [0.2, 0.25) is 0 Å². The molecule has 1 saturated heterocycles. The normalized spacial score (nSPS) is 20.0. The van der Waals surface area contributed by atoms with Crippen molar-refractivity contribution in [1.29, 1.82) is 0 Å². The number of nitrogens with zero attached hydrogens (tertiary/aromatic N) is 2. The van der Waals surface area contributed by atoms with Crippen LogP contribution in [0.1, 0.15) is 46.0 Å². The van der Waals surface area contributed by atoms with Crippen LogP contribution in [0.3, 0.4) is 0 Å². The lowest BCUT2D eigenvalue weighted by atomic mass is 10.1. The average molecular weight is 357 g/mol. The highest BCUT2D eigenvalue weighted by atomic mass is 16.5. The van der Waals surface area contributed by atoms with Crippen LogP contribution in [0.5, 0.6) is 0 Å². The number of benzene rings is 1. The number of morpholine rings is 1. The standard InChI is InChI=1S/C19H23N3O4/c1-12-8-17(26-21-12)18(23)20-9-15-4-6-16(7-5-15)19(24)22-10-13(2)25-14(3)11-22/h4-8,13-14H,9-11H2,1-3H3,(H,20,23). The molecule has 2 heterocycles. The molecule has 3 rings (SSSR count). The van der Waals surface area contributed by atoms with Crippen molar-refractivity contribution in [3.05, 3.63) is 52.9 Å². The van der Waals surface area contributed by atoms with E-state index in [9.17, 15) is 9.59 Å². The maximum atomic E-state index is 12.6. The molecule has 2 unspecified atom stereocenters. The molecule has 7 nitrogen and oxygen atoms in total. The van der Waals surface area contributed by atoms with Gasteiger partial charge < -0.3 is 19.5 Å². The minimum atomic E-state index is -0.318. The molecule has 1 aliphatic heterocycles. The molecule has 2 atom stereocenters. The zero-order valence-electron chi connectivity index (χ0n) is 15.2. The Morgan fingerprint density at radius 2 is 1.85 bits per heavy atom. The number of nitrogens with one attached hydrogen (secondary N) is 1. The third-order valence-corrected chi connectivity index (χ3v) is 4.21. The van der Waals surface area contributed by atoms with Gasteiger partial charge in [0, 0.05) is 31.3 Å². The first-order valence-corrected chi connectivity index (χ1v) is 8.67. The van der Waals surface area contributed by atoms with E-state index in [1.54, 1.807) is 25.1 Å². The molecule has 26 heavy (non-hydrogen) atoms. The van der Waals surface area contributed by atoms with Gasteiger partial charge in [-0.1, -0.05) is 17.3 Å². The Hall–Kier alpha value is -2.67. The summed E-state index contributed by atoms with van der Waals surface area (Å²) in [4.78, 5) is 26.4. The molecule has 0 saturated carbocycles. The zero-order chi connectivity index (χ0) is 18.7. The quantitative estimate of drug-likeness (QED) is 0.906. The van der Waals surface area contributed by atoms with Crippen LogP contribution >= 0.6 is 0 Å². The molecule has 1 aromatic carbocycles. The lowest BCUT2D eigenvalue weighted by Gasteiger charge is -2.35. The van der Waals surface area contributed by atoms with Crippen LogP contribution in [0.25, 0.3) is 0 Å². The second-order valence-corrected chi connectivity index (χ2v) is 6.68. The number of ether oxygens (including phenoxy) is 1. The molecule has 1 aliphatic rings. The monoisotopic (exact) mass is 357 g/mol. The Labute approximate surface area is 152 Å². The van der Waals surface area contributed by atoms with Crippen molar-refractivity contribution in [2.24, 2.45) is 0 Å². The fourth-order valence-corrected chi connectivity index (χ4v) is 3.03. The second kappa shape index (κ2) is 7.70. The van der Waals surface area contributed by atoms with Crippen molar-refractivity contribution in [1.82, 2.24) is 15.4 Å². The van der Waals surface area contributed by atoms with Crippen LogP contribution in [-0.4, -0.2) is 47.2 Å². The largest absolute Gasteiger partial charge is 0.372 e. The van der Waals surface area contributed by atoms with Gasteiger partial charge >= 0.3 is 0 Å². The van der Waals surface area contributed by atoms with E-state index in [0.717, 1.165) is 5.56 Å². The number of carbonyl (C=O) groups excluding carboxylic acids is 2.